The Morgan fingerprint density at radius 3 is 2.63 bits per heavy atom. The average molecular weight is 488 g/mol. The summed E-state index contributed by atoms with van der Waals surface area (Å²) in [5.41, 5.74) is 0.841. The summed E-state index contributed by atoms with van der Waals surface area (Å²) in [4.78, 5) is 8.56. The zero-order valence-electron chi connectivity index (χ0n) is 13.3. The number of benzene rings is 1. The highest BCUT2D eigenvalue weighted by atomic mass is 127. The molecule has 3 heterocycles. The molecular weight excluding hydrogens is 479 g/mol. The van der Waals surface area contributed by atoms with Crippen molar-refractivity contribution < 1.29 is 17.6 Å². The van der Waals surface area contributed by atoms with E-state index in [4.69, 9.17) is 0 Å². The topological polar surface area (TPSA) is 60.9 Å². The van der Waals surface area contributed by atoms with Crippen LogP contribution in [0.4, 0.5) is 17.6 Å². The van der Waals surface area contributed by atoms with Crippen LogP contribution in [0.2, 0.25) is 0 Å². The van der Waals surface area contributed by atoms with Crippen molar-refractivity contribution in [1.29, 1.82) is 0 Å². The van der Waals surface area contributed by atoms with E-state index in [9.17, 15) is 17.6 Å². The fourth-order valence-electron chi connectivity index (χ4n) is 2.68. The van der Waals surface area contributed by atoms with Crippen molar-refractivity contribution in [3.05, 3.63) is 63.6 Å². The van der Waals surface area contributed by atoms with E-state index < -0.39 is 12.1 Å². The summed E-state index contributed by atoms with van der Waals surface area (Å²) in [6, 6.07) is 6.14. The second kappa shape index (κ2) is 6.55. The fraction of sp³-hybridized carbons (Fsp3) is 0.125. The highest BCUT2D eigenvalue weighted by Crippen LogP contribution is 2.29. The number of fused-ring (bicyclic) bond motifs is 1. The van der Waals surface area contributed by atoms with E-state index in [2.05, 4.69) is 20.3 Å². The molecule has 3 aromatic heterocycles. The Kier molecular flexibility index (Phi) is 4.32. The van der Waals surface area contributed by atoms with Gasteiger partial charge in [0.05, 0.1) is 18.1 Å². The lowest BCUT2D eigenvalue weighted by molar-refractivity contribution is -0.211. The summed E-state index contributed by atoms with van der Waals surface area (Å²) in [5.74, 6) is -0.425. The van der Waals surface area contributed by atoms with Gasteiger partial charge in [0, 0.05) is 12.6 Å². The van der Waals surface area contributed by atoms with Gasteiger partial charge in [-0.25, -0.2) is 14.4 Å². The van der Waals surface area contributed by atoms with Crippen LogP contribution in [0.1, 0.15) is 11.3 Å². The van der Waals surface area contributed by atoms with E-state index in [-0.39, 0.29) is 22.5 Å². The Morgan fingerprint density at radius 2 is 1.89 bits per heavy atom. The van der Waals surface area contributed by atoms with Crippen LogP contribution < -0.4 is 0 Å². The number of nitrogens with zero attached hydrogens (tertiary/aromatic N) is 6. The number of aromatic nitrogens is 6. The van der Waals surface area contributed by atoms with Gasteiger partial charge in [0.1, 0.15) is 20.9 Å². The van der Waals surface area contributed by atoms with E-state index in [1.165, 1.54) is 12.3 Å². The van der Waals surface area contributed by atoms with Gasteiger partial charge in [-0.05, 0) is 34.2 Å². The summed E-state index contributed by atoms with van der Waals surface area (Å²) in [6.45, 7) is 0. The van der Waals surface area contributed by atoms with E-state index in [1.54, 1.807) is 28.8 Å². The lowest BCUT2D eigenvalue weighted by atomic mass is 10.1. The summed E-state index contributed by atoms with van der Waals surface area (Å²) in [7, 11) is 0. The first-order valence-corrected chi connectivity index (χ1v) is 8.66. The Hall–Kier alpha value is -2.57. The number of imidazole rings is 1. The Labute approximate surface area is 163 Å². The summed E-state index contributed by atoms with van der Waals surface area (Å²) in [5, 5.41) is 6.45. The van der Waals surface area contributed by atoms with Gasteiger partial charge in [-0.1, -0.05) is 23.4 Å². The molecule has 0 atom stereocenters. The van der Waals surface area contributed by atoms with Crippen molar-refractivity contribution in [2.75, 3.05) is 0 Å². The van der Waals surface area contributed by atoms with Crippen molar-refractivity contribution >= 4 is 28.2 Å². The highest BCUT2D eigenvalue weighted by molar-refractivity contribution is 14.1. The summed E-state index contributed by atoms with van der Waals surface area (Å²) < 4.78 is 55.7. The predicted molar refractivity (Wildman–Crippen MR) is 95.2 cm³/mol. The van der Waals surface area contributed by atoms with Crippen LogP contribution in [0.15, 0.2) is 42.9 Å². The molecule has 0 fully saturated rings. The summed E-state index contributed by atoms with van der Waals surface area (Å²) in [6.07, 6.45) is -0.694. The second-order valence-electron chi connectivity index (χ2n) is 5.61. The van der Waals surface area contributed by atoms with Crippen molar-refractivity contribution in [3.63, 3.8) is 0 Å². The maximum Gasteiger partial charge on any atom is 0.506 e. The molecule has 0 unspecified atom stereocenters. The Bertz CT molecular complexity index is 1130. The van der Waals surface area contributed by atoms with Crippen LogP contribution in [0.25, 0.3) is 17.0 Å². The minimum Gasteiger partial charge on any atom is -0.291 e. The first-order valence-electron chi connectivity index (χ1n) is 7.59. The van der Waals surface area contributed by atoms with Crippen LogP contribution in [0.3, 0.4) is 0 Å². The molecule has 1 aromatic carbocycles. The molecule has 0 bridgehead atoms. The molecule has 4 rings (SSSR count). The smallest absolute Gasteiger partial charge is 0.291 e. The molecule has 4 aromatic rings. The molecule has 0 radical (unpaired) electrons. The van der Waals surface area contributed by atoms with Gasteiger partial charge < -0.3 is 0 Å². The van der Waals surface area contributed by atoms with Gasteiger partial charge in [-0.3, -0.25) is 4.40 Å². The van der Waals surface area contributed by atoms with Crippen molar-refractivity contribution in [3.8, 4) is 11.4 Å². The zero-order chi connectivity index (χ0) is 19.2. The molecule has 0 saturated carbocycles. The fourth-order valence-corrected chi connectivity index (χ4v) is 3.19. The predicted octanol–water partition coefficient (Wildman–Crippen LogP) is 3.80. The van der Waals surface area contributed by atoms with E-state index in [1.807, 2.05) is 22.6 Å². The van der Waals surface area contributed by atoms with Gasteiger partial charge in [0.15, 0.2) is 5.65 Å². The third kappa shape index (κ3) is 3.26. The van der Waals surface area contributed by atoms with E-state index in [0.717, 1.165) is 6.20 Å². The van der Waals surface area contributed by atoms with Gasteiger partial charge in [0.25, 0.3) is 0 Å². The Morgan fingerprint density at radius 1 is 1.11 bits per heavy atom. The molecule has 6 nitrogen and oxygen atoms in total. The standard InChI is InChI=1S/C16H9F4IN6/c17-10-4-2-1-3-9(10)5-11-15-22-7-14(21)26(15)8-12(24-11)13-6-23-25-27(13)16(18,19)20/h1-4,6-8H,5H2. The highest BCUT2D eigenvalue weighted by Gasteiger charge is 2.35. The van der Waals surface area contributed by atoms with Gasteiger partial charge in [0.2, 0.25) is 0 Å². The maximum absolute atomic E-state index is 14.0. The molecule has 0 saturated heterocycles. The third-order valence-corrected chi connectivity index (χ3v) is 4.68. The van der Waals surface area contributed by atoms with Crippen LogP contribution in [0, 0.1) is 9.52 Å². The second-order valence-corrected chi connectivity index (χ2v) is 6.72. The van der Waals surface area contributed by atoms with Crippen LogP contribution in [-0.2, 0) is 12.7 Å². The lowest BCUT2D eigenvalue weighted by Crippen LogP contribution is -2.20. The molecule has 0 N–H and O–H groups in total. The number of rotatable bonds is 3. The average Bonchev–Trinajstić information content (AvgIpc) is 3.24. The molecule has 0 aliphatic heterocycles. The van der Waals surface area contributed by atoms with Crippen LogP contribution >= 0.6 is 22.6 Å². The minimum atomic E-state index is -4.74. The number of hydrogen-bond donors (Lipinski definition) is 0. The van der Waals surface area contributed by atoms with Crippen molar-refractivity contribution in [2.24, 2.45) is 0 Å². The monoisotopic (exact) mass is 488 g/mol. The summed E-state index contributed by atoms with van der Waals surface area (Å²) >= 11 is 2.01. The minimum absolute atomic E-state index is 0.00656. The van der Waals surface area contributed by atoms with Crippen LogP contribution in [-0.4, -0.2) is 29.4 Å². The third-order valence-electron chi connectivity index (χ3n) is 3.88. The molecule has 0 aliphatic rings. The zero-order valence-corrected chi connectivity index (χ0v) is 15.5. The SMILES string of the molecule is Fc1ccccc1Cc1nc(-c2cnnn2C(F)(F)F)cn2c(I)cnc12. The Balaban J connectivity index is 1.90. The number of halogens is 5. The maximum atomic E-state index is 14.0. The molecule has 11 heteroatoms. The molecular formula is C16H9F4IN6. The number of hydrogen-bond acceptors (Lipinski definition) is 4. The van der Waals surface area contributed by atoms with Crippen molar-refractivity contribution in [1.82, 2.24) is 29.4 Å². The van der Waals surface area contributed by atoms with E-state index >= 15 is 0 Å². The molecule has 27 heavy (non-hydrogen) atoms. The molecule has 0 amide bonds. The largest absolute Gasteiger partial charge is 0.506 e. The number of alkyl halides is 3. The first-order chi connectivity index (χ1) is 12.8. The van der Waals surface area contributed by atoms with Gasteiger partial charge >= 0.3 is 6.30 Å². The van der Waals surface area contributed by atoms with Gasteiger partial charge in [-0.2, -0.15) is 0 Å². The lowest BCUT2D eigenvalue weighted by Gasteiger charge is -2.11. The molecule has 0 aliphatic carbocycles. The molecule has 0 spiro atoms. The van der Waals surface area contributed by atoms with E-state index in [0.29, 0.717) is 20.6 Å². The van der Waals surface area contributed by atoms with Crippen LogP contribution in [0.5, 0.6) is 0 Å². The van der Waals surface area contributed by atoms with Crippen molar-refractivity contribution in [2.45, 2.75) is 12.7 Å². The normalized spacial score (nSPS) is 12.0. The quantitative estimate of drug-likeness (QED) is 0.325. The molecule has 138 valence electrons. The first kappa shape index (κ1) is 17.8. The van der Waals surface area contributed by atoms with Gasteiger partial charge in [-0.15, -0.1) is 23.0 Å².